The predicted octanol–water partition coefficient (Wildman–Crippen LogP) is 4.11. The summed E-state index contributed by atoms with van der Waals surface area (Å²) < 4.78 is 27.5. The summed E-state index contributed by atoms with van der Waals surface area (Å²) in [5, 5.41) is 12.1. The van der Waals surface area contributed by atoms with Crippen molar-refractivity contribution in [2.75, 3.05) is 11.9 Å². The lowest BCUT2D eigenvalue weighted by Crippen LogP contribution is -2.31. The molecule has 156 valence electrons. The zero-order valence-corrected chi connectivity index (χ0v) is 18.3. The number of carbonyl (C=O) groups excluding carboxylic acids is 1. The molecule has 0 bridgehead atoms. The Morgan fingerprint density at radius 3 is 2.60 bits per heavy atom. The highest BCUT2D eigenvalue weighted by atomic mass is 35.5. The van der Waals surface area contributed by atoms with E-state index in [1.54, 1.807) is 36.4 Å². The normalized spacial score (nSPS) is 17.2. The van der Waals surface area contributed by atoms with Gasteiger partial charge in [-0.2, -0.15) is 4.31 Å². The predicted molar refractivity (Wildman–Crippen MR) is 117 cm³/mol. The van der Waals surface area contributed by atoms with Gasteiger partial charge in [0.2, 0.25) is 15.0 Å². The first-order chi connectivity index (χ1) is 14.4. The van der Waals surface area contributed by atoms with E-state index in [1.807, 2.05) is 18.2 Å². The Bertz CT molecular complexity index is 1130. The van der Waals surface area contributed by atoms with Gasteiger partial charge in [-0.3, -0.25) is 4.79 Å². The number of benzene rings is 2. The van der Waals surface area contributed by atoms with E-state index in [0.29, 0.717) is 28.7 Å². The first-order valence-corrected chi connectivity index (χ1v) is 12.2. The van der Waals surface area contributed by atoms with E-state index < -0.39 is 22.0 Å². The van der Waals surface area contributed by atoms with Crippen LogP contribution in [0.25, 0.3) is 0 Å². The molecule has 1 fully saturated rings. The van der Waals surface area contributed by atoms with Gasteiger partial charge in [-0.25, -0.2) is 8.42 Å². The molecule has 0 radical (unpaired) electrons. The molecule has 1 unspecified atom stereocenters. The zero-order chi connectivity index (χ0) is 21.1. The molecular formula is C20H19ClN4O3S2. The Kier molecular flexibility index (Phi) is 6.14. The monoisotopic (exact) mass is 462 g/mol. The quantitative estimate of drug-likeness (QED) is 0.595. The fourth-order valence-corrected chi connectivity index (χ4v) is 6.23. The highest BCUT2D eigenvalue weighted by molar-refractivity contribution is 7.88. The molecule has 1 saturated heterocycles. The minimum Gasteiger partial charge on any atom is -0.320 e. The third kappa shape index (κ3) is 4.70. The summed E-state index contributed by atoms with van der Waals surface area (Å²) in [7, 11) is -3.51. The van der Waals surface area contributed by atoms with Crippen LogP contribution in [0.1, 0.15) is 39.3 Å². The van der Waals surface area contributed by atoms with E-state index >= 15 is 0 Å². The van der Waals surface area contributed by atoms with Crippen LogP contribution in [0.5, 0.6) is 0 Å². The van der Waals surface area contributed by atoms with Crippen LogP contribution in [0.2, 0.25) is 5.02 Å². The summed E-state index contributed by atoms with van der Waals surface area (Å²) in [5.74, 6) is -0.453. The van der Waals surface area contributed by atoms with Crippen molar-refractivity contribution < 1.29 is 13.2 Å². The molecule has 2 heterocycles. The molecule has 4 rings (SSSR count). The summed E-state index contributed by atoms with van der Waals surface area (Å²) >= 11 is 6.98. The average Bonchev–Trinajstić information content (AvgIpc) is 3.40. The smallest absolute Gasteiger partial charge is 0.286 e. The molecule has 0 spiro atoms. The lowest BCUT2D eigenvalue weighted by atomic mass is 10.2. The molecule has 10 heteroatoms. The fourth-order valence-electron chi connectivity index (χ4n) is 3.37. The van der Waals surface area contributed by atoms with Gasteiger partial charge in [-0.15, -0.1) is 10.2 Å². The standard InChI is InChI=1S/C20H19ClN4O3S2/c21-15-8-10-16(11-9-15)22-18(26)20-24-23-19(29-20)17-7-4-12-25(17)30(27,28)13-14-5-2-1-3-6-14/h1-3,5-6,8-11,17H,4,7,12-13H2,(H,22,26). The number of carbonyl (C=O) groups is 1. The second-order valence-corrected chi connectivity index (χ2v) is 10.3. The summed E-state index contributed by atoms with van der Waals surface area (Å²) in [4.78, 5) is 12.5. The van der Waals surface area contributed by atoms with Crippen LogP contribution in [0.15, 0.2) is 54.6 Å². The fraction of sp³-hybridized carbons (Fsp3) is 0.250. The van der Waals surface area contributed by atoms with Crippen LogP contribution < -0.4 is 5.32 Å². The lowest BCUT2D eigenvalue weighted by molar-refractivity contribution is 0.102. The highest BCUT2D eigenvalue weighted by Gasteiger charge is 2.37. The third-order valence-electron chi connectivity index (χ3n) is 4.77. The Labute approximate surface area is 183 Å². The molecule has 2 aromatic carbocycles. The van der Waals surface area contributed by atoms with E-state index in [9.17, 15) is 13.2 Å². The van der Waals surface area contributed by atoms with Gasteiger partial charge in [0.15, 0.2) is 0 Å². The van der Waals surface area contributed by atoms with Gasteiger partial charge < -0.3 is 5.32 Å². The molecule has 1 amide bonds. The maximum Gasteiger partial charge on any atom is 0.286 e. The van der Waals surface area contributed by atoms with E-state index in [4.69, 9.17) is 11.6 Å². The summed E-state index contributed by atoms with van der Waals surface area (Å²) in [5.41, 5.74) is 1.33. The van der Waals surface area contributed by atoms with Crippen molar-refractivity contribution in [3.05, 3.63) is 75.2 Å². The number of nitrogens with zero attached hydrogens (tertiary/aromatic N) is 3. The Morgan fingerprint density at radius 2 is 1.87 bits per heavy atom. The minimum absolute atomic E-state index is 0.0624. The number of halogens is 1. The van der Waals surface area contributed by atoms with Gasteiger partial charge in [0.25, 0.3) is 5.91 Å². The number of nitrogens with one attached hydrogen (secondary N) is 1. The molecule has 1 aliphatic rings. The van der Waals surface area contributed by atoms with Crippen molar-refractivity contribution in [1.82, 2.24) is 14.5 Å². The van der Waals surface area contributed by atoms with Gasteiger partial charge in [0, 0.05) is 17.3 Å². The van der Waals surface area contributed by atoms with Gasteiger partial charge >= 0.3 is 0 Å². The number of rotatable bonds is 6. The van der Waals surface area contributed by atoms with E-state index in [-0.39, 0.29) is 10.8 Å². The van der Waals surface area contributed by atoms with Crippen LogP contribution in [0, 0.1) is 0 Å². The van der Waals surface area contributed by atoms with Crippen molar-refractivity contribution in [1.29, 1.82) is 0 Å². The Hall–Kier alpha value is -2.33. The summed E-state index contributed by atoms with van der Waals surface area (Å²) in [6.45, 7) is 0.436. The van der Waals surface area contributed by atoms with Gasteiger partial charge in [-0.1, -0.05) is 53.3 Å². The zero-order valence-electron chi connectivity index (χ0n) is 15.9. The van der Waals surface area contributed by atoms with E-state index in [2.05, 4.69) is 15.5 Å². The van der Waals surface area contributed by atoms with Crippen LogP contribution in [0.4, 0.5) is 5.69 Å². The first kappa shape index (κ1) is 20.9. The number of anilines is 1. The second-order valence-electron chi connectivity index (χ2n) is 6.92. The number of aromatic nitrogens is 2. The van der Waals surface area contributed by atoms with Crippen LogP contribution in [-0.4, -0.2) is 35.4 Å². The number of hydrogen-bond donors (Lipinski definition) is 1. The van der Waals surface area contributed by atoms with Crippen molar-refractivity contribution >= 4 is 44.6 Å². The molecule has 3 aromatic rings. The molecule has 1 N–H and O–H groups in total. The minimum atomic E-state index is -3.51. The van der Waals surface area contributed by atoms with Crippen molar-refractivity contribution in [3.8, 4) is 0 Å². The number of sulfonamides is 1. The van der Waals surface area contributed by atoms with Gasteiger partial charge in [-0.05, 0) is 42.7 Å². The average molecular weight is 463 g/mol. The number of amides is 1. The molecule has 7 nitrogen and oxygen atoms in total. The largest absolute Gasteiger partial charge is 0.320 e. The molecule has 1 atom stereocenters. The highest BCUT2D eigenvalue weighted by Crippen LogP contribution is 2.36. The van der Waals surface area contributed by atoms with E-state index in [1.165, 1.54) is 4.31 Å². The molecule has 30 heavy (non-hydrogen) atoms. The molecule has 1 aliphatic heterocycles. The van der Waals surface area contributed by atoms with E-state index in [0.717, 1.165) is 23.3 Å². The SMILES string of the molecule is O=C(Nc1ccc(Cl)cc1)c1nnc(C2CCCN2S(=O)(=O)Cc2ccccc2)s1. The maximum absolute atomic E-state index is 13.0. The maximum atomic E-state index is 13.0. The second kappa shape index (κ2) is 8.81. The van der Waals surface area contributed by atoms with Gasteiger partial charge in [0.05, 0.1) is 11.8 Å². The molecule has 0 saturated carbocycles. The Morgan fingerprint density at radius 1 is 1.13 bits per heavy atom. The lowest BCUT2D eigenvalue weighted by Gasteiger charge is -2.22. The third-order valence-corrected chi connectivity index (χ3v) is 7.90. The molecular weight excluding hydrogens is 444 g/mol. The van der Waals surface area contributed by atoms with Crippen molar-refractivity contribution in [2.45, 2.75) is 24.6 Å². The Balaban J connectivity index is 1.49. The molecule has 0 aliphatic carbocycles. The van der Waals surface area contributed by atoms with Crippen LogP contribution in [0.3, 0.4) is 0 Å². The number of hydrogen-bond acceptors (Lipinski definition) is 6. The topological polar surface area (TPSA) is 92.3 Å². The van der Waals surface area contributed by atoms with Crippen molar-refractivity contribution in [3.63, 3.8) is 0 Å². The summed E-state index contributed by atoms with van der Waals surface area (Å²) in [6.07, 6.45) is 1.39. The molecule has 1 aromatic heterocycles. The van der Waals surface area contributed by atoms with Crippen LogP contribution in [-0.2, 0) is 15.8 Å². The van der Waals surface area contributed by atoms with Crippen molar-refractivity contribution in [2.24, 2.45) is 0 Å². The van der Waals surface area contributed by atoms with Crippen LogP contribution >= 0.6 is 22.9 Å². The first-order valence-electron chi connectivity index (χ1n) is 9.36. The van der Waals surface area contributed by atoms with Gasteiger partial charge in [0.1, 0.15) is 5.01 Å². The summed E-state index contributed by atoms with van der Waals surface area (Å²) in [6, 6.07) is 15.4.